The highest BCUT2D eigenvalue weighted by atomic mass is 19.1. The third-order valence-electron chi connectivity index (χ3n) is 3.86. The molecule has 1 aromatic heterocycles. The molecule has 0 aliphatic heterocycles. The second-order valence-corrected chi connectivity index (χ2v) is 5.55. The maximum absolute atomic E-state index is 13.7. The van der Waals surface area contributed by atoms with Crippen LogP contribution in [0.4, 0.5) is 4.39 Å². The zero-order valence-electron chi connectivity index (χ0n) is 12.8. The summed E-state index contributed by atoms with van der Waals surface area (Å²) >= 11 is 0. The summed E-state index contributed by atoms with van der Waals surface area (Å²) in [5.41, 5.74) is 1.96. The van der Waals surface area contributed by atoms with Crippen LogP contribution in [0.2, 0.25) is 0 Å². The molecule has 0 bridgehead atoms. The molecule has 0 spiro atoms. The highest BCUT2D eigenvalue weighted by molar-refractivity contribution is 5.97. The fourth-order valence-corrected chi connectivity index (χ4v) is 2.53. The molecular formula is C19H17FN2O. The lowest BCUT2D eigenvalue weighted by Crippen LogP contribution is -2.27. The molecule has 1 atom stereocenters. The summed E-state index contributed by atoms with van der Waals surface area (Å²) in [5, 5.41) is 3.76. The average Bonchev–Trinajstić information content (AvgIpc) is 2.59. The average molecular weight is 308 g/mol. The first-order valence-corrected chi connectivity index (χ1v) is 7.52. The van der Waals surface area contributed by atoms with Gasteiger partial charge in [0.2, 0.25) is 0 Å². The van der Waals surface area contributed by atoms with Gasteiger partial charge in [0.15, 0.2) is 0 Å². The summed E-state index contributed by atoms with van der Waals surface area (Å²) in [5.74, 6) is -0.554. The van der Waals surface area contributed by atoms with Crippen molar-refractivity contribution in [3.05, 3.63) is 77.7 Å². The van der Waals surface area contributed by atoms with Crippen LogP contribution < -0.4 is 5.32 Å². The zero-order valence-corrected chi connectivity index (χ0v) is 12.8. The number of rotatable bonds is 4. The van der Waals surface area contributed by atoms with Crippen LogP contribution in [-0.4, -0.2) is 17.4 Å². The predicted molar refractivity (Wildman–Crippen MR) is 88.9 cm³/mol. The van der Waals surface area contributed by atoms with E-state index in [0.717, 1.165) is 10.9 Å². The monoisotopic (exact) mass is 308 g/mol. The maximum Gasteiger partial charge on any atom is 0.252 e. The molecule has 0 fully saturated rings. The lowest BCUT2D eigenvalue weighted by molar-refractivity contribution is 0.0951. The maximum atomic E-state index is 13.7. The quantitative estimate of drug-likeness (QED) is 0.794. The lowest BCUT2D eigenvalue weighted by atomic mass is 10.0. The van der Waals surface area contributed by atoms with E-state index in [-0.39, 0.29) is 17.6 Å². The minimum atomic E-state index is -0.248. The van der Waals surface area contributed by atoms with E-state index >= 15 is 0 Å². The van der Waals surface area contributed by atoms with E-state index in [4.69, 9.17) is 0 Å². The minimum Gasteiger partial charge on any atom is -0.351 e. The number of benzene rings is 2. The van der Waals surface area contributed by atoms with Crippen LogP contribution in [0.5, 0.6) is 0 Å². The topological polar surface area (TPSA) is 42.0 Å². The summed E-state index contributed by atoms with van der Waals surface area (Å²) in [7, 11) is 0. The number of halogens is 1. The number of nitrogens with zero attached hydrogens (tertiary/aromatic N) is 1. The van der Waals surface area contributed by atoms with E-state index in [1.54, 1.807) is 24.4 Å². The zero-order chi connectivity index (χ0) is 16.2. The van der Waals surface area contributed by atoms with Gasteiger partial charge in [0, 0.05) is 24.0 Å². The molecule has 23 heavy (non-hydrogen) atoms. The standard InChI is InChI=1S/C19H17FN2O/c1-13(16-7-3-4-8-17(16)20)11-22-19(23)15-10-14-6-2-5-9-18(14)21-12-15/h2-10,12-13H,11H2,1H3,(H,22,23). The summed E-state index contributed by atoms with van der Waals surface area (Å²) < 4.78 is 13.7. The van der Waals surface area contributed by atoms with Gasteiger partial charge >= 0.3 is 0 Å². The molecule has 2 aromatic carbocycles. The first-order chi connectivity index (χ1) is 11.1. The molecule has 0 aliphatic rings. The van der Waals surface area contributed by atoms with Crippen molar-refractivity contribution in [2.24, 2.45) is 0 Å². The van der Waals surface area contributed by atoms with Crippen LogP contribution in [-0.2, 0) is 0 Å². The Balaban J connectivity index is 1.70. The smallest absolute Gasteiger partial charge is 0.252 e. The molecule has 3 nitrogen and oxygen atoms in total. The number of fused-ring (bicyclic) bond motifs is 1. The number of carbonyl (C=O) groups excluding carboxylic acids is 1. The molecule has 116 valence electrons. The Bertz CT molecular complexity index is 847. The summed E-state index contributed by atoms with van der Waals surface area (Å²) in [4.78, 5) is 16.5. The van der Waals surface area contributed by atoms with Gasteiger partial charge in [-0.25, -0.2) is 4.39 Å². The third-order valence-corrected chi connectivity index (χ3v) is 3.86. The number of nitrogens with one attached hydrogen (secondary N) is 1. The minimum absolute atomic E-state index is 0.103. The van der Waals surface area contributed by atoms with Crippen molar-refractivity contribution in [1.82, 2.24) is 10.3 Å². The number of pyridine rings is 1. The highest BCUT2D eigenvalue weighted by Gasteiger charge is 2.13. The Kier molecular flexibility index (Phi) is 4.33. The first-order valence-electron chi connectivity index (χ1n) is 7.52. The van der Waals surface area contributed by atoms with Gasteiger partial charge in [-0.3, -0.25) is 9.78 Å². The normalized spacial score (nSPS) is 12.1. The van der Waals surface area contributed by atoms with E-state index in [2.05, 4.69) is 10.3 Å². The van der Waals surface area contributed by atoms with Crippen molar-refractivity contribution < 1.29 is 9.18 Å². The number of para-hydroxylation sites is 1. The van der Waals surface area contributed by atoms with Crippen LogP contribution in [0.25, 0.3) is 10.9 Å². The van der Waals surface area contributed by atoms with Crippen molar-refractivity contribution in [3.63, 3.8) is 0 Å². The first kappa shape index (κ1) is 15.2. The molecule has 1 unspecified atom stereocenters. The summed E-state index contributed by atoms with van der Waals surface area (Å²) in [6.45, 7) is 2.25. The van der Waals surface area contributed by atoms with E-state index in [1.807, 2.05) is 37.3 Å². The Morgan fingerprint density at radius 2 is 1.91 bits per heavy atom. The van der Waals surface area contributed by atoms with Gasteiger partial charge in [0.1, 0.15) is 5.82 Å². The van der Waals surface area contributed by atoms with Crippen LogP contribution >= 0.6 is 0 Å². The molecule has 0 radical (unpaired) electrons. The number of aromatic nitrogens is 1. The fraction of sp³-hybridized carbons (Fsp3) is 0.158. The summed E-state index contributed by atoms with van der Waals surface area (Å²) in [6, 6.07) is 16.1. The highest BCUT2D eigenvalue weighted by Crippen LogP contribution is 2.18. The lowest BCUT2D eigenvalue weighted by Gasteiger charge is -2.14. The van der Waals surface area contributed by atoms with Crippen molar-refractivity contribution in [1.29, 1.82) is 0 Å². The largest absolute Gasteiger partial charge is 0.351 e. The van der Waals surface area contributed by atoms with E-state index in [1.165, 1.54) is 6.07 Å². The van der Waals surface area contributed by atoms with Gasteiger partial charge in [-0.1, -0.05) is 43.3 Å². The molecule has 4 heteroatoms. The van der Waals surface area contributed by atoms with E-state index < -0.39 is 0 Å². The summed E-state index contributed by atoms with van der Waals surface area (Å²) in [6.07, 6.45) is 1.56. The van der Waals surface area contributed by atoms with Crippen molar-refractivity contribution in [2.45, 2.75) is 12.8 Å². The molecular weight excluding hydrogens is 291 g/mol. The Hall–Kier alpha value is -2.75. The number of hydrogen-bond acceptors (Lipinski definition) is 2. The molecule has 0 saturated carbocycles. The molecule has 3 rings (SSSR count). The molecule has 3 aromatic rings. The van der Waals surface area contributed by atoms with Gasteiger partial charge < -0.3 is 5.32 Å². The number of carbonyl (C=O) groups is 1. The Morgan fingerprint density at radius 1 is 1.17 bits per heavy atom. The molecule has 0 saturated heterocycles. The fourth-order valence-electron chi connectivity index (χ4n) is 2.53. The number of hydrogen-bond donors (Lipinski definition) is 1. The predicted octanol–water partition coefficient (Wildman–Crippen LogP) is 3.91. The second-order valence-electron chi connectivity index (χ2n) is 5.55. The van der Waals surface area contributed by atoms with Crippen LogP contribution in [0.1, 0.15) is 28.8 Å². The van der Waals surface area contributed by atoms with Gasteiger partial charge in [0.05, 0.1) is 11.1 Å². The third kappa shape index (κ3) is 3.37. The van der Waals surface area contributed by atoms with Gasteiger partial charge in [-0.05, 0) is 23.8 Å². The van der Waals surface area contributed by atoms with E-state index in [9.17, 15) is 9.18 Å². The second kappa shape index (κ2) is 6.57. The van der Waals surface area contributed by atoms with Crippen LogP contribution in [0.15, 0.2) is 60.8 Å². The van der Waals surface area contributed by atoms with Crippen molar-refractivity contribution >= 4 is 16.8 Å². The molecule has 1 heterocycles. The number of amides is 1. The molecule has 0 aliphatic carbocycles. The van der Waals surface area contributed by atoms with Crippen molar-refractivity contribution in [3.8, 4) is 0 Å². The van der Waals surface area contributed by atoms with Crippen LogP contribution in [0.3, 0.4) is 0 Å². The Labute approximate surface area is 134 Å². The van der Waals surface area contributed by atoms with Gasteiger partial charge in [0.25, 0.3) is 5.91 Å². The SMILES string of the molecule is CC(CNC(=O)c1cnc2ccccc2c1)c1ccccc1F. The van der Waals surface area contributed by atoms with Gasteiger partial charge in [-0.2, -0.15) is 0 Å². The van der Waals surface area contributed by atoms with Crippen LogP contribution in [0, 0.1) is 5.82 Å². The van der Waals surface area contributed by atoms with Gasteiger partial charge in [-0.15, -0.1) is 0 Å². The molecule has 1 N–H and O–H groups in total. The van der Waals surface area contributed by atoms with Crippen molar-refractivity contribution in [2.75, 3.05) is 6.54 Å². The van der Waals surface area contributed by atoms with E-state index in [0.29, 0.717) is 17.7 Å². The molecule has 1 amide bonds. The Morgan fingerprint density at radius 3 is 2.74 bits per heavy atom.